The van der Waals surface area contributed by atoms with Gasteiger partial charge in [-0.15, -0.1) is 0 Å². The van der Waals surface area contributed by atoms with Crippen LogP contribution >= 0.6 is 0 Å². The number of pyridine rings is 1. The number of hydrogen-bond acceptors (Lipinski definition) is 5. The lowest BCUT2D eigenvalue weighted by Crippen LogP contribution is -2.19. The summed E-state index contributed by atoms with van der Waals surface area (Å²) < 4.78 is 1.38. The molecule has 0 saturated carbocycles. The second-order valence-corrected chi connectivity index (χ2v) is 3.79. The molecule has 0 aliphatic rings. The first-order chi connectivity index (χ1) is 9.63. The largest absolute Gasteiger partial charge is 0.478 e. The molecule has 2 N–H and O–H groups in total. The minimum atomic E-state index is -1.04. The van der Waals surface area contributed by atoms with Gasteiger partial charge in [-0.1, -0.05) is 0 Å². The Hall–Kier alpha value is -3.03. The number of hydrogen-bond donors (Lipinski definition) is 2. The van der Waals surface area contributed by atoms with Crippen molar-refractivity contribution < 1.29 is 14.7 Å². The molecule has 2 aromatic rings. The lowest BCUT2D eigenvalue weighted by Gasteiger charge is -2.04. The third-order valence-electron chi connectivity index (χ3n) is 2.24. The Balaban J connectivity index is 2.00. The molecule has 0 spiro atoms. The van der Waals surface area contributed by atoms with Crippen LogP contribution in [0.4, 0.5) is 5.82 Å². The van der Waals surface area contributed by atoms with Crippen molar-refractivity contribution in [3.8, 4) is 0 Å². The molecule has 102 valence electrons. The van der Waals surface area contributed by atoms with Gasteiger partial charge < -0.3 is 10.4 Å². The van der Waals surface area contributed by atoms with Gasteiger partial charge in [0, 0.05) is 12.3 Å². The van der Waals surface area contributed by atoms with Gasteiger partial charge in [0.2, 0.25) is 5.91 Å². The number of nitrogens with zero attached hydrogens (tertiary/aromatic N) is 4. The smallest absolute Gasteiger partial charge is 0.328 e. The van der Waals surface area contributed by atoms with Crippen LogP contribution in [0, 0.1) is 0 Å². The average molecular weight is 273 g/mol. The minimum Gasteiger partial charge on any atom is -0.478 e. The Kier molecular flexibility index (Phi) is 4.17. The second kappa shape index (κ2) is 6.23. The third-order valence-corrected chi connectivity index (χ3v) is 2.24. The molecule has 1 amide bonds. The fourth-order valence-corrected chi connectivity index (χ4v) is 1.43. The number of carboxylic acid groups (broad SMARTS) is 1. The van der Waals surface area contributed by atoms with Crippen LogP contribution < -0.4 is 5.32 Å². The number of anilines is 1. The molecule has 8 nitrogen and oxygen atoms in total. The highest BCUT2D eigenvalue weighted by molar-refractivity contribution is 5.90. The summed E-state index contributed by atoms with van der Waals surface area (Å²) in [6.45, 7) is 0.0247. The number of nitrogens with one attached hydrogen (secondary N) is 1. The maximum absolute atomic E-state index is 11.7. The van der Waals surface area contributed by atoms with Crippen LogP contribution in [-0.2, 0) is 16.1 Å². The highest BCUT2D eigenvalue weighted by Crippen LogP contribution is 2.08. The Morgan fingerprint density at radius 3 is 3.00 bits per heavy atom. The molecular formula is C12H11N5O3. The zero-order valence-corrected chi connectivity index (χ0v) is 10.3. The molecule has 2 aromatic heterocycles. The Bertz CT molecular complexity index is 636. The topological polar surface area (TPSA) is 110 Å². The molecule has 0 radical (unpaired) electrons. The quantitative estimate of drug-likeness (QED) is 0.763. The van der Waals surface area contributed by atoms with E-state index in [1.54, 1.807) is 12.1 Å². The van der Waals surface area contributed by atoms with E-state index in [0.717, 1.165) is 6.08 Å². The van der Waals surface area contributed by atoms with Crippen molar-refractivity contribution in [1.29, 1.82) is 0 Å². The van der Waals surface area contributed by atoms with Gasteiger partial charge in [-0.25, -0.2) is 19.4 Å². The molecular weight excluding hydrogens is 262 g/mol. The summed E-state index contributed by atoms with van der Waals surface area (Å²) >= 11 is 0. The third kappa shape index (κ3) is 4.02. The zero-order valence-electron chi connectivity index (χ0n) is 10.3. The molecule has 0 aliphatic heterocycles. The number of aromatic nitrogens is 4. The Labute approximate surface area is 113 Å². The summed E-state index contributed by atoms with van der Waals surface area (Å²) in [5, 5.41) is 14.9. The zero-order chi connectivity index (χ0) is 14.4. The molecule has 0 aromatic carbocycles. The Morgan fingerprint density at radius 1 is 1.45 bits per heavy atom. The average Bonchev–Trinajstić information content (AvgIpc) is 2.89. The molecule has 0 aliphatic carbocycles. The van der Waals surface area contributed by atoms with Crippen molar-refractivity contribution >= 4 is 23.8 Å². The lowest BCUT2D eigenvalue weighted by atomic mass is 10.2. The van der Waals surface area contributed by atoms with E-state index in [9.17, 15) is 9.59 Å². The predicted octanol–water partition coefficient (Wildman–Crippen LogP) is 0.410. The molecule has 2 heterocycles. The van der Waals surface area contributed by atoms with E-state index in [2.05, 4.69) is 20.4 Å². The number of aliphatic carboxylic acids is 1. The summed E-state index contributed by atoms with van der Waals surface area (Å²) in [5.41, 5.74) is 0.624. The lowest BCUT2D eigenvalue weighted by molar-refractivity contribution is -0.131. The Morgan fingerprint density at radius 2 is 2.30 bits per heavy atom. The van der Waals surface area contributed by atoms with E-state index in [4.69, 9.17) is 5.11 Å². The van der Waals surface area contributed by atoms with E-state index in [1.807, 2.05) is 0 Å². The first-order valence-electron chi connectivity index (χ1n) is 5.63. The molecule has 20 heavy (non-hydrogen) atoms. The first-order valence-corrected chi connectivity index (χ1v) is 5.63. The van der Waals surface area contributed by atoms with Crippen molar-refractivity contribution in [2.24, 2.45) is 0 Å². The fraction of sp³-hybridized carbons (Fsp3) is 0.0833. The van der Waals surface area contributed by atoms with Crippen LogP contribution in [0.2, 0.25) is 0 Å². The van der Waals surface area contributed by atoms with Crippen LogP contribution in [0.5, 0.6) is 0 Å². The highest BCUT2D eigenvalue weighted by atomic mass is 16.4. The van der Waals surface area contributed by atoms with Gasteiger partial charge >= 0.3 is 5.97 Å². The molecule has 0 bridgehead atoms. The van der Waals surface area contributed by atoms with Crippen molar-refractivity contribution in [2.75, 3.05) is 5.32 Å². The fourth-order valence-electron chi connectivity index (χ4n) is 1.43. The van der Waals surface area contributed by atoms with Crippen LogP contribution in [-0.4, -0.2) is 36.7 Å². The summed E-state index contributed by atoms with van der Waals surface area (Å²) in [6.07, 6.45) is 6.67. The van der Waals surface area contributed by atoms with Gasteiger partial charge in [-0.3, -0.25) is 4.79 Å². The van der Waals surface area contributed by atoms with Crippen LogP contribution in [0.1, 0.15) is 5.56 Å². The van der Waals surface area contributed by atoms with Crippen molar-refractivity contribution in [1.82, 2.24) is 19.7 Å². The van der Waals surface area contributed by atoms with E-state index in [-0.39, 0.29) is 12.5 Å². The summed E-state index contributed by atoms with van der Waals surface area (Å²) in [5.74, 6) is -1.01. The standard InChI is InChI=1S/C12H11N5O3/c18-11(6-17-8-13-7-15-17)16-10-5-9(3-4-14-10)1-2-12(19)20/h1-5,7-8H,6H2,(H,19,20)(H,14,16,18)/b2-1+. The van der Waals surface area contributed by atoms with Gasteiger partial charge in [0.25, 0.3) is 0 Å². The minimum absolute atomic E-state index is 0.0247. The van der Waals surface area contributed by atoms with Gasteiger partial charge in [-0.05, 0) is 23.8 Å². The van der Waals surface area contributed by atoms with E-state index in [0.29, 0.717) is 11.4 Å². The maximum atomic E-state index is 11.7. The molecule has 2 rings (SSSR count). The van der Waals surface area contributed by atoms with Crippen LogP contribution in [0.3, 0.4) is 0 Å². The molecule has 0 unspecified atom stereocenters. The maximum Gasteiger partial charge on any atom is 0.328 e. The second-order valence-electron chi connectivity index (χ2n) is 3.79. The van der Waals surface area contributed by atoms with E-state index in [1.165, 1.54) is 29.6 Å². The summed E-state index contributed by atoms with van der Waals surface area (Å²) in [7, 11) is 0. The number of carbonyl (C=O) groups is 2. The number of amides is 1. The number of carboxylic acids is 1. The van der Waals surface area contributed by atoms with Gasteiger partial charge in [-0.2, -0.15) is 5.10 Å². The van der Waals surface area contributed by atoms with E-state index >= 15 is 0 Å². The van der Waals surface area contributed by atoms with Gasteiger partial charge in [0.15, 0.2) is 0 Å². The number of rotatable bonds is 5. The van der Waals surface area contributed by atoms with Crippen molar-refractivity contribution in [3.05, 3.63) is 42.6 Å². The molecule has 0 fully saturated rings. The normalized spacial score (nSPS) is 10.6. The first kappa shape index (κ1) is 13.4. The summed E-state index contributed by atoms with van der Waals surface area (Å²) in [6, 6.07) is 3.20. The molecule has 0 saturated heterocycles. The molecule has 0 atom stereocenters. The van der Waals surface area contributed by atoms with Gasteiger partial charge in [0.05, 0.1) is 0 Å². The summed E-state index contributed by atoms with van der Waals surface area (Å²) in [4.78, 5) is 29.8. The van der Waals surface area contributed by atoms with Crippen LogP contribution in [0.25, 0.3) is 6.08 Å². The van der Waals surface area contributed by atoms with Gasteiger partial charge in [0.1, 0.15) is 25.0 Å². The van der Waals surface area contributed by atoms with Crippen LogP contribution in [0.15, 0.2) is 37.1 Å². The monoisotopic (exact) mass is 273 g/mol. The van der Waals surface area contributed by atoms with Crippen molar-refractivity contribution in [2.45, 2.75) is 6.54 Å². The van der Waals surface area contributed by atoms with E-state index < -0.39 is 5.97 Å². The van der Waals surface area contributed by atoms with Crippen molar-refractivity contribution in [3.63, 3.8) is 0 Å². The SMILES string of the molecule is O=C(O)/C=C/c1ccnc(NC(=O)Cn2cncn2)c1. The highest BCUT2D eigenvalue weighted by Gasteiger charge is 2.05. The predicted molar refractivity (Wildman–Crippen MR) is 69.6 cm³/mol. The molecule has 8 heteroatoms. The number of carbonyl (C=O) groups excluding carboxylic acids is 1.